The molecule has 0 aromatic heterocycles. The molecule has 0 bridgehead atoms. The van der Waals surface area contributed by atoms with Crippen LogP contribution in [-0.4, -0.2) is 24.9 Å². The van der Waals surface area contributed by atoms with Crippen LogP contribution < -0.4 is 5.32 Å². The molecule has 3 nitrogen and oxygen atoms in total. The fourth-order valence-electron chi connectivity index (χ4n) is 0.291. The summed E-state index contributed by atoms with van der Waals surface area (Å²) in [5.41, 5.74) is 0. The van der Waals surface area contributed by atoms with Crippen molar-refractivity contribution in [2.75, 3.05) is 14.1 Å². The van der Waals surface area contributed by atoms with Crippen LogP contribution in [0.5, 0.6) is 0 Å². The Morgan fingerprint density at radius 1 is 1.23 bits per heavy atom. The maximum Gasteiger partial charge on any atom is 0.223 e. The van der Waals surface area contributed by atoms with Gasteiger partial charge in [0.2, 0.25) is 5.91 Å². The van der Waals surface area contributed by atoms with Gasteiger partial charge in [0, 0.05) is 33.4 Å². The second kappa shape index (κ2) is 17.2. The average molecular weight is 188 g/mol. The van der Waals surface area contributed by atoms with E-state index in [9.17, 15) is 4.79 Å². The van der Waals surface area contributed by atoms with Crippen LogP contribution in [0.4, 0.5) is 0 Å². The first-order chi connectivity index (χ1) is 6.18. The molecule has 0 aliphatic heterocycles. The Kier molecular flexibility index (Phi) is 23.7. The Hall–Kier alpha value is -0.990. The van der Waals surface area contributed by atoms with E-state index in [0.717, 1.165) is 0 Å². The fraction of sp³-hybridized carbons (Fsp3) is 0.700. The summed E-state index contributed by atoms with van der Waals surface area (Å²) < 4.78 is 0. The van der Waals surface area contributed by atoms with Crippen molar-refractivity contribution >= 4 is 5.91 Å². The second-order valence-electron chi connectivity index (χ2n) is 1.73. The number of amides is 1. The van der Waals surface area contributed by atoms with Gasteiger partial charge in [0.15, 0.2) is 0 Å². The van der Waals surface area contributed by atoms with Crippen molar-refractivity contribution in [3.8, 4) is 0 Å². The maximum absolute atomic E-state index is 10.5. The van der Waals surface area contributed by atoms with Crippen molar-refractivity contribution in [2.45, 2.75) is 34.6 Å². The second-order valence-corrected chi connectivity index (χ2v) is 1.73. The topological polar surface area (TPSA) is 32.3 Å². The summed E-state index contributed by atoms with van der Waals surface area (Å²) in [5, 5.41) is 2.78. The highest BCUT2D eigenvalue weighted by molar-refractivity contribution is 5.73. The molecule has 0 saturated heterocycles. The van der Waals surface area contributed by atoms with Crippen molar-refractivity contribution in [3.05, 3.63) is 12.4 Å². The van der Waals surface area contributed by atoms with E-state index in [1.807, 2.05) is 27.7 Å². The highest BCUT2D eigenvalue weighted by Gasteiger charge is 1.92. The fourth-order valence-corrected chi connectivity index (χ4v) is 0.291. The first-order valence-electron chi connectivity index (χ1n) is 4.76. The Bertz CT molecular complexity index is 122. The van der Waals surface area contributed by atoms with Crippen LogP contribution >= 0.6 is 0 Å². The molecule has 0 rings (SSSR count). The molecule has 0 aliphatic rings. The van der Waals surface area contributed by atoms with Crippen LogP contribution in [0.25, 0.3) is 0 Å². The molecule has 0 unspecified atom stereocenters. The smallest absolute Gasteiger partial charge is 0.223 e. The van der Waals surface area contributed by atoms with Gasteiger partial charge in [-0.2, -0.15) is 0 Å². The molecular weight excluding hydrogens is 164 g/mol. The van der Waals surface area contributed by atoms with Gasteiger partial charge >= 0.3 is 0 Å². The molecule has 0 saturated carbocycles. The first-order valence-corrected chi connectivity index (χ1v) is 4.76. The number of nitrogens with one attached hydrogen (secondary N) is 1. The molecule has 0 spiro atoms. The molecule has 0 aromatic rings. The Labute approximate surface area is 82.8 Å². The summed E-state index contributed by atoms with van der Waals surface area (Å²) in [6, 6.07) is 0. The van der Waals surface area contributed by atoms with E-state index >= 15 is 0 Å². The SMILES string of the molecule is CC.CC.CN/C=C\N(C)C(C)=O. The van der Waals surface area contributed by atoms with E-state index in [0.29, 0.717) is 0 Å². The van der Waals surface area contributed by atoms with Gasteiger partial charge in [-0.05, 0) is 0 Å². The highest BCUT2D eigenvalue weighted by atomic mass is 16.2. The molecule has 0 fully saturated rings. The van der Waals surface area contributed by atoms with Gasteiger partial charge in [0.1, 0.15) is 0 Å². The van der Waals surface area contributed by atoms with Gasteiger partial charge < -0.3 is 10.2 Å². The third-order valence-electron chi connectivity index (χ3n) is 0.962. The number of carbonyl (C=O) groups is 1. The molecule has 0 aliphatic carbocycles. The average Bonchev–Trinajstić information content (AvgIpc) is 2.20. The third kappa shape index (κ3) is 18.2. The molecule has 80 valence electrons. The van der Waals surface area contributed by atoms with E-state index in [2.05, 4.69) is 5.32 Å². The van der Waals surface area contributed by atoms with Crippen molar-refractivity contribution < 1.29 is 4.79 Å². The van der Waals surface area contributed by atoms with Crippen LogP contribution in [0.2, 0.25) is 0 Å². The van der Waals surface area contributed by atoms with Crippen molar-refractivity contribution in [2.24, 2.45) is 0 Å². The van der Waals surface area contributed by atoms with Gasteiger partial charge in [-0.1, -0.05) is 27.7 Å². The minimum Gasteiger partial charge on any atom is -0.393 e. The Balaban J connectivity index is -0.000000218. The number of rotatable bonds is 2. The molecule has 0 radical (unpaired) electrons. The number of nitrogens with zero attached hydrogens (tertiary/aromatic N) is 1. The van der Waals surface area contributed by atoms with E-state index < -0.39 is 0 Å². The Morgan fingerprint density at radius 3 is 1.85 bits per heavy atom. The summed E-state index contributed by atoms with van der Waals surface area (Å²) in [5.74, 6) is 0.0292. The summed E-state index contributed by atoms with van der Waals surface area (Å²) in [4.78, 5) is 12.0. The molecule has 0 atom stereocenters. The number of hydrogen-bond donors (Lipinski definition) is 1. The van der Waals surface area contributed by atoms with Crippen molar-refractivity contribution in [1.82, 2.24) is 10.2 Å². The summed E-state index contributed by atoms with van der Waals surface area (Å²) in [6.07, 6.45) is 3.36. The molecule has 0 aromatic carbocycles. The molecule has 1 N–H and O–H groups in total. The quantitative estimate of drug-likeness (QED) is 0.720. The largest absolute Gasteiger partial charge is 0.393 e. The number of hydrogen-bond acceptors (Lipinski definition) is 2. The minimum absolute atomic E-state index is 0.0292. The molecule has 0 heterocycles. The number of carbonyl (C=O) groups excluding carboxylic acids is 1. The maximum atomic E-state index is 10.5. The van der Waals surface area contributed by atoms with Gasteiger partial charge in [-0.3, -0.25) is 4.79 Å². The molecule has 3 heteroatoms. The predicted molar refractivity (Wildman–Crippen MR) is 59.3 cm³/mol. The van der Waals surface area contributed by atoms with Crippen LogP contribution in [0.1, 0.15) is 34.6 Å². The summed E-state index contributed by atoms with van der Waals surface area (Å²) in [6.45, 7) is 9.51. The lowest BCUT2D eigenvalue weighted by Crippen LogP contribution is -2.17. The van der Waals surface area contributed by atoms with Gasteiger partial charge in [0.25, 0.3) is 0 Å². The Morgan fingerprint density at radius 2 is 1.62 bits per heavy atom. The lowest BCUT2D eigenvalue weighted by atomic mass is 10.6. The zero-order valence-corrected chi connectivity index (χ0v) is 10.0. The van der Waals surface area contributed by atoms with E-state index in [4.69, 9.17) is 0 Å². The molecule has 13 heavy (non-hydrogen) atoms. The van der Waals surface area contributed by atoms with Crippen LogP contribution in [-0.2, 0) is 4.79 Å². The first kappa shape index (κ1) is 17.9. The highest BCUT2D eigenvalue weighted by Crippen LogP contribution is 1.81. The zero-order chi connectivity index (χ0) is 11.3. The van der Waals surface area contributed by atoms with E-state index in [1.165, 1.54) is 11.8 Å². The normalized spacial score (nSPS) is 7.62. The lowest BCUT2D eigenvalue weighted by Gasteiger charge is -2.06. The van der Waals surface area contributed by atoms with Crippen molar-refractivity contribution in [3.63, 3.8) is 0 Å². The monoisotopic (exact) mass is 188 g/mol. The summed E-state index contributed by atoms with van der Waals surface area (Å²) >= 11 is 0. The lowest BCUT2D eigenvalue weighted by molar-refractivity contribution is -0.125. The van der Waals surface area contributed by atoms with E-state index in [1.54, 1.807) is 26.5 Å². The van der Waals surface area contributed by atoms with Crippen LogP contribution in [0.15, 0.2) is 12.4 Å². The minimum atomic E-state index is 0.0292. The molecular formula is C10H24N2O. The third-order valence-corrected chi connectivity index (χ3v) is 0.962. The van der Waals surface area contributed by atoms with Crippen LogP contribution in [0, 0.1) is 0 Å². The summed E-state index contributed by atoms with van der Waals surface area (Å²) in [7, 11) is 3.49. The van der Waals surface area contributed by atoms with Gasteiger partial charge in [0.05, 0.1) is 0 Å². The zero-order valence-electron chi connectivity index (χ0n) is 10.0. The van der Waals surface area contributed by atoms with E-state index in [-0.39, 0.29) is 5.91 Å². The standard InChI is InChI=1S/C6H12N2O.2C2H6/c1-6(9)8(3)5-4-7-2;2*1-2/h4-5,7H,1-3H3;2*1-2H3/b5-4-;;. The van der Waals surface area contributed by atoms with Gasteiger partial charge in [-0.25, -0.2) is 0 Å². The van der Waals surface area contributed by atoms with Crippen molar-refractivity contribution in [1.29, 1.82) is 0 Å². The predicted octanol–water partition coefficient (Wildman–Crippen LogP) is 2.21. The van der Waals surface area contributed by atoms with Crippen LogP contribution in [0.3, 0.4) is 0 Å². The molecule has 1 amide bonds. The van der Waals surface area contributed by atoms with Gasteiger partial charge in [-0.15, -0.1) is 0 Å².